The van der Waals surface area contributed by atoms with Gasteiger partial charge in [-0.3, -0.25) is 4.90 Å². The average molecular weight is 630 g/mol. The number of likely N-dealkylation sites (N-methyl/N-ethyl adjacent to an activating group) is 1. The molecule has 2 N–H and O–H groups in total. The van der Waals surface area contributed by atoms with E-state index in [0.29, 0.717) is 29.1 Å². The van der Waals surface area contributed by atoms with Crippen LogP contribution in [-0.2, 0) is 0 Å². The summed E-state index contributed by atoms with van der Waals surface area (Å²) in [5.41, 5.74) is 0.914. The number of likely N-dealkylation sites (tertiary alicyclic amines) is 2. The Morgan fingerprint density at radius 1 is 0.911 bits per heavy atom. The van der Waals surface area contributed by atoms with Gasteiger partial charge in [0.1, 0.15) is 6.04 Å². The van der Waals surface area contributed by atoms with Crippen LogP contribution in [0.5, 0.6) is 0 Å². The monoisotopic (exact) mass is 630 g/mol. The van der Waals surface area contributed by atoms with Gasteiger partial charge in [-0.2, -0.15) is 0 Å². The number of unbranched alkanes of at least 4 members (excludes halogenated alkanes) is 1. The van der Waals surface area contributed by atoms with Crippen LogP contribution in [0, 0.1) is 46.8 Å². The summed E-state index contributed by atoms with van der Waals surface area (Å²) in [6.07, 6.45) is 16.4. The van der Waals surface area contributed by atoms with Crippen molar-refractivity contribution in [3.05, 3.63) is 0 Å². The van der Waals surface area contributed by atoms with Crippen molar-refractivity contribution in [1.82, 2.24) is 15.5 Å². The van der Waals surface area contributed by atoms with Gasteiger partial charge in [0.2, 0.25) is 0 Å². The summed E-state index contributed by atoms with van der Waals surface area (Å²) in [5, 5.41) is 7.72. The highest BCUT2D eigenvalue weighted by Crippen LogP contribution is 2.66. The number of nitrogens with zero attached hydrogens (tertiary/aromatic N) is 2. The fourth-order valence-electron chi connectivity index (χ4n) is 12.5. The van der Waals surface area contributed by atoms with Crippen molar-refractivity contribution < 1.29 is 4.48 Å². The number of hydrogen-bond donors (Lipinski definition) is 2. The molecule has 0 spiro atoms. The van der Waals surface area contributed by atoms with E-state index >= 15 is 0 Å². The number of quaternary nitrogens is 1. The van der Waals surface area contributed by atoms with E-state index < -0.39 is 0 Å². The summed E-state index contributed by atoms with van der Waals surface area (Å²) >= 11 is 0. The third-order valence-electron chi connectivity index (χ3n) is 14.5. The number of rotatable bonds is 20. The van der Waals surface area contributed by atoms with Gasteiger partial charge in [-0.15, -0.1) is 0 Å². The maximum atomic E-state index is 4.31. The summed E-state index contributed by atoms with van der Waals surface area (Å²) in [5.74, 6) is 5.70. The van der Waals surface area contributed by atoms with Crippen molar-refractivity contribution in [1.29, 1.82) is 0 Å². The van der Waals surface area contributed by atoms with Crippen molar-refractivity contribution >= 4 is 0 Å². The Bertz CT molecular complexity index is 907. The Hall–Kier alpha value is -0.160. The molecule has 4 aliphatic rings. The van der Waals surface area contributed by atoms with Gasteiger partial charge in [0, 0.05) is 36.4 Å². The molecule has 2 aliphatic heterocycles. The van der Waals surface area contributed by atoms with E-state index in [2.05, 4.69) is 106 Å². The number of nitrogens with one attached hydrogen (secondary N) is 2. The molecule has 4 fully saturated rings. The zero-order valence-corrected chi connectivity index (χ0v) is 32.7. The minimum absolute atomic E-state index is 0.307. The van der Waals surface area contributed by atoms with E-state index in [9.17, 15) is 0 Å². The molecule has 0 aromatic rings. The molecule has 12 atom stereocenters. The van der Waals surface area contributed by atoms with Gasteiger partial charge < -0.3 is 15.1 Å². The molecule has 0 amide bonds. The molecule has 2 saturated heterocycles. The van der Waals surface area contributed by atoms with E-state index in [0.717, 1.165) is 66.6 Å². The van der Waals surface area contributed by atoms with Gasteiger partial charge >= 0.3 is 0 Å². The zero-order chi connectivity index (χ0) is 33.3. The molecule has 4 nitrogen and oxygen atoms in total. The lowest BCUT2D eigenvalue weighted by atomic mass is 9.71. The highest BCUT2D eigenvalue weighted by Gasteiger charge is 2.78. The van der Waals surface area contributed by atoms with Crippen LogP contribution in [0.4, 0.5) is 0 Å². The average Bonchev–Trinajstić information content (AvgIpc) is 3.91. The molecule has 0 aromatic heterocycles. The second-order valence-corrected chi connectivity index (χ2v) is 18.6. The Kier molecular flexibility index (Phi) is 12.7. The van der Waals surface area contributed by atoms with Crippen molar-refractivity contribution in [2.75, 3.05) is 34.2 Å². The van der Waals surface area contributed by atoms with Crippen molar-refractivity contribution in [2.24, 2.45) is 46.8 Å². The first kappa shape index (κ1) is 37.7. The predicted octanol–water partition coefficient (Wildman–Crippen LogP) is 8.99. The third kappa shape index (κ3) is 7.55. The van der Waals surface area contributed by atoms with Gasteiger partial charge in [-0.1, -0.05) is 94.9 Å². The Labute approximate surface area is 282 Å². The van der Waals surface area contributed by atoms with Crippen LogP contribution >= 0.6 is 0 Å². The van der Waals surface area contributed by atoms with E-state index in [4.69, 9.17) is 0 Å². The van der Waals surface area contributed by atoms with Gasteiger partial charge in [0.05, 0.1) is 25.7 Å². The zero-order valence-electron chi connectivity index (χ0n) is 32.7. The second kappa shape index (κ2) is 15.2. The van der Waals surface area contributed by atoms with E-state index in [1.165, 1.54) is 81.5 Å². The van der Waals surface area contributed by atoms with Gasteiger partial charge in [0.25, 0.3) is 0 Å². The van der Waals surface area contributed by atoms with Crippen LogP contribution in [0.2, 0.25) is 0 Å². The molecule has 0 aromatic carbocycles. The van der Waals surface area contributed by atoms with Gasteiger partial charge in [0.15, 0.2) is 0 Å². The molecule has 0 bridgehead atoms. The first-order valence-corrected chi connectivity index (χ1v) is 20.3. The lowest BCUT2D eigenvalue weighted by Gasteiger charge is -2.56. The van der Waals surface area contributed by atoms with Gasteiger partial charge in [-0.05, 0) is 100 Å². The topological polar surface area (TPSA) is 27.1 Å². The molecule has 264 valence electrons. The Morgan fingerprint density at radius 2 is 1.58 bits per heavy atom. The molecule has 45 heavy (non-hydrogen) atoms. The SMILES string of the molecule is CCCCC(C)C1(CC(C)CC2C(CC)C(NCCCNC)CC(CCC)(N3C4C(C)C43)C(C(C)CC(C)C)[N+]2(C)C)CC1C. The smallest absolute Gasteiger partial charge is 0.110 e. The lowest BCUT2D eigenvalue weighted by molar-refractivity contribution is -0.950. The van der Waals surface area contributed by atoms with E-state index in [-0.39, 0.29) is 0 Å². The van der Waals surface area contributed by atoms with Crippen LogP contribution in [0.25, 0.3) is 0 Å². The van der Waals surface area contributed by atoms with E-state index in [1.54, 1.807) is 0 Å². The first-order valence-electron chi connectivity index (χ1n) is 20.3. The number of fused-ring (bicyclic) bond motifs is 1. The highest BCUT2D eigenvalue weighted by atomic mass is 15.5. The van der Waals surface area contributed by atoms with Crippen LogP contribution in [0.1, 0.15) is 146 Å². The quantitative estimate of drug-likeness (QED) is 0.0800. The fraction of sp³-hybridized carbons (Fsp3) is 1.00. The Balaban J connectivity index is 1.72. The largest absolute Gasteiger partial charge is 0.322 e. The second-order valence-electron chi connectivity index (χ2n) is 18.6. The summed E-state index contributed by atoms with van der Waals surface area (Å²) in [6, 6.07) is 3.73. The highest BCUT2D eigenvalue weighted by molar-refractivity contribution is 5.31. The van der Waals surface area contributed by atoms with E-state index in [1.807, 2.05) is 0 Å². The molecule has 0 radical (unpaired) electrons. The number of hydrogen-bond acceptors (Lipinski definition) is 3. The summed E-state index contributed by atoms with van der Waals surface area (Å²) in [7, 11) is 7.57. The van der Waals surface area contributed by atoms with Crippen LogP contribution in [-0.4, -0.2) is 79.4 Å². The van der Waals surface area contributed by atoms with Crippen molar-refractivity contribution in [3.8, 4) is 0 Å². The van der Waals surface area contributed by atoms with Crippen LogP contribution in [0.3, 0.4) is 0 Å². The normalized spacial score (nSPS) is 42.1. The molecule has 2 aliphatic carbocycles. The summed E-state index contributed by atoms with van der Waals surface area (Å²) in [6.45, 7) is 27.6. The van der Waals surface area contributed by atoms with Crippen molar-refractivity contribution in [2.45, 2.75) is 182 Å². The van der Waals surface area contributed by atoms with Crippen LogP contribution in [0.15, 0.2) is 0 Å². The van der Waals surface area contributed by atoms with Crippen molar-refractivity contribution in [3.63, 3.8) is 0 Å². The molecular weight excluding hydrogens is 548 g/mol. The molecule has 4 rings (SSSR count). The first-order chi connectivity index (χ1) is 21.3. The Morgan fingerprint density at radius 3 is 2.09 bits per heavy atom. The third-order valence-corrected chi connectivity index (χ3v) is 14.5. The minimum atomic E-state index is 0.307. The molecule has 4 heteroatoms. The molecule has 2 heterocycles. The minimum Gasteiger partial charge on any atom is -0.322 e. The van der Waals surface area contributed by atoms with Crippen LogP contribution < -0.4 is 10.6 Å². The predicted molar refractivity (Wildman–Crippen MR) is 197 cm³/mol. The molecule has 2 saturated carbocycles. The molecule has 12 unspecified atom stereocenters. The molecular formula is C41H81N4+. The summed E-state index contributed by atoms with van der Waals surface area (Å²) in [4.78, 5) is 3.11. The maximum absolute atomic E-state index is 4.31. The standard InChI is InChI=1S/C41H81N4/c1-14-17-19-31(8)40(26-32(40)9)25-29(6)24-36-34(16-3)35(43-22-18-21-42-11)27-41(20-15-2,44-37-33(10)38(37)44)39(45(36,12)13)30(7)23-28(4)5/h28-39,42-43H,14-27H2,1-13H3/q+1. The lowest BCUT2D eigenvalue weighted by Crippen LogP contribution is -2.69. The maximum Gasteiger partial charge on any atom is 0.110 e. The fourth-order valence-corrected chi connectivity index (χ4v) is 12.5. The van der Waals surface area contributed by atoms with Gasteiger partial charge in [-0.25, -0.2) is 0 Å². The summed E-state index contributed by atoms with van der Waals surface area (Å²) < 4.78 is 1.23.